The van der Waals surface area contributed by atoms with Gasteiger partial charge in [0.1, 0.15) is 0 Å². The molecule has 0 bridgehead atoms. The highest BCUT2D eigenvalue weighted by Gasteiger charge is 2.35. The molecular formula is C14H16N2. The molecule has 0 radical (unpaired) electrons. The van der Waals surface area contributed by atoms with E-state index < -0.39 is 0 Å². The highest BCUT2D eigenvalue weighted by molar-refractivity contribution is 5.57. The first kappa shape index (κ1) is 9.72. The average Bonchev–Trinajstić information content (AvgIpc) is 2.38. The van der Waals surface area contributed by atoms with E-state index in [0.717, 1.165) is 13.0 Å². The summed E-state index contributed by atoms with van der Waals surface area (Å²) in [6.07, 6.45) is 4.67. The van der Waals surface area contributed by atoms with E-state index >= 15 is 0 Å². The lowest BCUT2D eigenvalue weighted by atomic mass is 9.82. The number of para-hydroxylation sites is 1. The van der Waals surface area contributed by atoms with Crippen LogP contribution in [-0.4, -0.2) is 12.6 Å². The minimum Gasteiger partial charge on any atom is -0.367 e. The molecule has 1 saturated heterocycles. The molecule has 1 fully saturated rings. The van der Waals surface area contributed by atoms with Gasteiger partial charge >= 0.3 is 0 Å². The third-order valence-corrected chi connectivity index (χ3v) is 3.92. The van der Waals surface area contributed by atoms with E-state index in [1.807, 2.05) is 0 Å². The summed E-state index contributed by atoms with van der Waals surface area (Å²) in [6.45, 7) is 1.12. The van der Waals surface area contributed by atoms with Crippen molar-refractivity contribution in [1.29, 1.82) is 5.26 Å². The van der Waals surface area contributed by atoms with Crippen LogP contribution in [0.1, 0.15) is 24.8 Å². The van der Waals surface area contributed by atoms with E-state index in [2.05, 4.69) is 35.2 Å². The molecule has 0 saturated carbocycles. The Morgan fingerprint density at radius 1 is 1.25 bits per heavy atom. The molecule has 0 unspecified atom stereocenters. The van der Waals surface area contributed by atoms with Gasteiger partial charge < -0.3 is 4.90 Å². The largest absolute Gasteiger partial charge is 0.367 e. The topological polar surface area (TPSA) is 27.0 Å². The maximum atomic E-state index is 9.28. The van der Waals surface area contributed by atoms with Crippen molar-refractivity contribution in [3.63, 3.8) is 0 Å². The number of anilines is 1. The molecule has 2 aliphatic heterocycles. The second kappa shape index (κ2) is 3.83. The second-order valence-corrected chi connectivity index (χ2v) is 4.82. The Labute approximate surface area is 96.5 Å². The summed E-state index contributed by atoms with van der Waals surface area (Å²) < 4.78 is 0. The SMILES string of the molecule is N#C[C@@H]1Cc2ccccc2N2CCCC[C@@H]12. The first-order chi connectivity index (χ1) is 7.90. The third-order valence-electron chi connectivity index (χ3n) is 3.92. The van der Waals surface area contributed by atoms with Gasteiger partial charge in [-0.05, 0) is 37.3 Å². The van der Waals surface area contributed by atoms with Crippen molar-refractivity contribution >= 4 is 5.69 Å². The van der Waals surface area contributed by atoms with Gasteiger partial charge in [-0.1, -0.05) is 18.2 Å². The molecule has 2 heteroatoms. The molecule has 0 amide bonds. The summed E-state index contributed by atoms with van der Waals surface area (Å²) in [7, 11) is 0. The number of hydrogen-bond donors (Lipinski definition) is 0. The number of hydrogen-bond acceptors (Lipinski definition) is 2. The highest BCUT2D eigenvalue weighted by Crippen LogP contribution is 2.37. The lowest BCUT2D eigenvalue weighted by Gasteiger charge is -2.44. The Balaban J connectivity index is 2.04. The smallest absolute Gasteiger partial charge is 0.0707 e. The Morgan fingerprint density at radius 3 is 3.00 bits per heavy atom. The molecule has 0 spiro atoms. The zero-order valence-electron chi connectivity index (χ0n) is 9.39. The molecule has 0 N–H and O–H groups in total. The van der Waals surface area contributed by atoms with Crippen LogP contribution in [0.15, 0.2) is 24.3 Å². The molecule has 3 rings (SSSR count). The Morgan fingerprint density at radius 2 is 2.12 bits per heavy atom. The van der Waals surface area contributed by atoms with Crippen LogP contribution in [0, 0.1) is 17.2 Å². The van der Waals surface area contributed by atoms with Gasteiger partial charge in [0.05, 0.1) is 12.0 Å². The van der Waals surface area contributed by atoms with Crippen LogP contribution in [0.2, 0.25) is 0 Å². The minimum absolute atomic E-state index is 0.190. The van der Waals surface area contributed by atoms with E-state index in [-0.39, 0.29) is 5.92 Å². The number of nitriles is 1. The van der Waals surface area contributed by atoms with Gasteiger partial charge in [0, 0.05) is 18.3 Å². The Bertz CT molecular complexity index is 433. The lowest BCUT2D eigenvalue weighted by Crippen LogP contribution is -2.47. The summed E-state index contributed by atoms with van der Waals surface area (Å²) in [6, 6.07) is 11.5. The standard InChI is InChI=1S/C14H16N2/c15-10-12-9-11-5-1-2-6-13(11)16-8-4-3-7-14(12)16/h1-2,5-6,12,14H,3-4,7-9H2/t12-,14-/m0/s1. The fourth-order valence-electron chi connectivity index (χ4n) is 3.14. The molecule has 2 aliphatic rings. The van der Waals surface area contributed by atoms with Gasteiger partial charge in [0.2, 0.25) is 0 Å². The molecular weight excluding hydrogens is 196 g/mol. The van der Waals surface area contributed by atoms with Crippen LogP contribution in [0.3, 0.4) is 0 Å². The third kappa shape index (κ3) is 1.39. The molecule has 0 aromatic heterocycles. The van der Waals surface area contributed by atoms with Gasteiger partial charge in [0.25, 0.3) is 0 Å². The number of rotatable bonds is 0. The van der Waals surface area contributed by atoms with E-state index in [9.17, 15) is 5.26 Å². The van der Waals surface area contributed by atoms with Crippen molar-refractivity contribution < 1.29 is 0 Å². The van der Waals surface area contributed by atoms with Gasteiger partial charge in [-0.2, -0.15) is 5.26 Å². The van der Waals surface area contributed by atoms with Crippen molar-refractivity contribution in [2.75, 3.05) is 11.4 Å². The van der Waals surface area contributed by atoms with Crippen LogP contribution < -0.4 is 4.90 Å². The van der Waals surface area contributed by atoms with Crippen molar-refractivity contribution in [2.24, 2.45) is 5.92 Å². The van der Waals surface area contributed by atoms with E-state index in [4.69, 9.17) is 0 Å². The van der Waals surface area contributed by atoms with Crippen LogP contribution >= 0.6 is 0 Å². The number of piperidine rings is 1. The fraction of sp³-hybridized carbons (Fsp3) is 0.500. The first-order valence-corrected chi connectivity index (χ1v) is 6.14. The maximum Gasteiger partial charge on any atom is 0.0707 e. The fourth-order valence-corrected chi connectivity index (χ4v) is 3.14. The van der Waals surface area contributed by atoms with Crippen LogP contribution in [0.5, 0.6) is 0 Å². The van der Waals surface area contributed by atoms with Gasteiger partial charge in [-0.3, -0.25) is 0 Å². The predicted octanol–water partition coefficient (Wildman–Crippen LogP) is 2.74. The van der Waals surface area contributed by atoms with Crippen LogP contribution in [0.4, 0.5) is 5.69 Å². The molecule has 0 aliphatic carbocycles. The zero-order chi connectivity index (χ0) is 11.0. The summed E-state index contributed by atoms with van der Waals surface area (Å²) >= 11 is 0. The summed E-state index contributed by atoms with van der Waals surface area (Å²) in [5.41, 5.74) is 2.73. The Kier molecular flexibility index (Phi) is 2.32. The molecule has 82 valence electrons. The average molecular weight is 212 g/mol. The predicted molar refractivity (Wildman–Crippen MR) is 64.2 cm³/mol. The molecule has 1 aromatic rings. The first-order valence-electron chi connectivity index (χ1n) is 6.14. The quantitative estimate of drug-likeness (QED) is 0.661. The number of nitrogens with zero attached hydrogens (tertiary/aromatic N) is 2. The van der Waals surface area contributed by atoms with Crippen molar-refractivity contribution in [1.82, 2.24) is 0 Å². The van der Waals surface area contributed by atoms with E-state index in [1.54, 1.807) is 0 Å². The monoisotopic (exact) mass is 212 g/mol. The Hall–Kier alpha value is -1.49. The summed E-state index contributed by atoms with van der Waals surface area (Å²) in [5, 5.41) is 9.28. The highest BCUT2D eigenvalue weighted by atomic mass is 15.2. The van der Waals surface area contributed by atoms with E-state index in [0.29, 0.717) is 6.04 Å². The number of benzene rings is 1. The van der Waals surface area contributed by atoms with Crippen molar-refractivity contribution in [2.45, 2.75) is 31.7 Å². The second-order valence-electron chi connectivity index (χ2n) is 4.82. The normalized spacial score (nSPS) is 27.8. The molecule has 16 heavy (non-hydrogen) atoms. The van der Waals surface area contributed by atoms with Crippen molar-refractivity contribution in [3.05, 3.63) is 29.8 Å². The molecule has 2 atom stereocenters. The maximum absolute atomic E-state index is 9.28. The van der Waals surface area contributed by atoms with E-state index in [1.165, 1.54) is 30.5 Å². The summed E-state index contributed by atoms with van der Waals surface area (Å²) in [4.78, 5) is 2.47. The zero-order valence-corrected chi connectivity index (χ0v) is 9.39. The number of fused-ring (bicyclic) bond motifs is 3. The van der Waals surface area contributed by atoms with Crippen LogP contribution in [-0.2, 0) is 6.42 Å². The van der Waals surface area contributed by atoms with Gasteiger partial charge in [0.15, 0.2) is 0 Å². The molecule has 1 aromatic carbocycles. The van der Waals surface area contributed by atoms with Gasteiger partial charge in [-0.15, -0.1) is 0 Å². The summed E-state index contributed by atoms with van der Waals surface area (Å²) in [5.74, 6) is 0.190. The van der Waals surface area contributed by atoms with Crippen molar-refractivity contribution in [3.8, 4) is 6.07 Å². The molecule has 2 heterocycles. The minimum atomic E-state index is 0.190. The lowest BCUT2D eigenvalue weighted by molar-refractivity contribution is 0.370. The van der Waals surface area contributed by atoms with Crippen LogP contribution in [0.25, 0.3) is 0 Å². The van der Waals surface area contributed by atoms with Gasteiger partial charge in [-0.25, -0.2) is 0 Å². The molecule has 2 nitrogen and oxygen atoms in total.